The van der Waals surface area contributed by atoms with Crippen molar-refractivity contribution >= 4 is 5.97 Å². The number of aliphatic hydroxyl groups is 1. The van der Waals surface area contributed by atoms with Crippen molar-refractivity contribution in [2.75, 3.05) is 33.8 Å². The van der Waals surface area contributed by atoms with E-state index in [9.17, 15) is 15.0 Å². The first-order valence-corrected chi connectivity index (χ1v) is 9.85. The van der Waals surface area contributed by atoms with Crippen molar-refractivity contribution < 1.29 is 19.7 Å². The van der Waals surface area contributed by atoms with Crippen molar-refractivity contribution in [1.82, 2.24) is 9.80 Å². The minimum absolute atomic E-state index is 0.383. The van der Waals surface area contributed by atoms with E-state index >= 15 is 0 Å². The average molecular weight is 379 g/mol. The molecule has 6 nitrogen and oxygen atoms in total. The highest BCUT2D eigenvalue weighted by molar-refractivity contribution is 5.76. The van der Waals surface area contributed by atoms with Crippen molar-refractivity contribution in [3.63, 3.8) is 0 Å². The Morgan fingerprint density at radius 1 is 1.37 bits per heavy atom. The first kappa shape index (κ1) is 21.7. The molecule has 0 aromatic heterocycles. The number of carbonyl (C=O) groups is 1. The number of aliphatic carboxylic acids is 1. The fourth-order valence-electron chi connectivity index (χ4n) is 4.06. The molecule has 0 spiro atoms. The summed E-state index contributed by atoms with van der Waals surface area (Å²) in [5, 5.41) is 20.2. The Morgan fingerprint density at radius 2 is 2.11 bits per heavy atom. The van der Waals surface area contributed by atoms with Crippen LogP contribution in [-0.4, -0.2) is 65.9 Å². The fraction of sp³-hybridized carbons (Fsp3) is 0.667. The van der Waals surface area contributed by atoms with Crippen molar-refractivity contribution in [3.8, 4) is 5.75 Å². The molecular weight excluding hydrogens is 344 g/mol. The molecule has 0 aliphatic carbocycles. The van der Waals surface area contributed by atoms with Crippen LogP contribution in [0.5, 0.6) is 5.75 Å². The maximum Gasteiger partial charge on any atom is 0.313 e. The molecule has 1 aromatic carbocycles. The Hall–Kier alpha value is -1.63. The summed E-state index contributed by atoms with van der Waals surface area (Å²) in [7, 11) is 4.06. The zero-order valence-electron chi connectivity index (χ0n) is 17.1. The van der Waals surface area contributed by atoms with E-state index in [1.807, 2.05) is 34.0 Å². The quantitative estimate of drug-likeness (QED) is 0.688. The lowest BCUT2D eigenvalue weighted by Crippen LogP contribution is -2.55. The monoisotopic (exact) mass is 378 g/mol. The summed E-state index contributed by atoms with van der Waals surface area (Å²) in [6.07, 6.45) is 0.951. The Labute approximate surface area is 162 Å². The third-order valence-corrected chi connectivity index (χ3v) is 5.30. The molecule has 27 heavy (non-hydrogen) atoms. The second kappa shape index (κ2) is 9.53. The van der Waals surface area contributed by atoms with Crippen LogP contribution in [0, 0.1) is 5.41 Å². The van der Waals surface area contributed by atoms with Crippen LogP contribution in [-0.2, 0) is 17.9 Å². The number of aliphatic hydroxyl groups excluding tert-OH is 1. The van der Waals surface area contributed by atoms with Gasteiger partial charge in [0.05, 0.1) is 12.7 Å². The molecule has 1 fully saturated rings. The first-order chi connectivity index (χ1) is 12.8. The van der Waals surface area contributed by atoms with Crippen LogP contribution >= 0.6 is 0 Å². The molecule has 6 heteroatoms. The normalized spacial score (nSPS) is 23.6. The van der Waals surface area contributed by atoms with E-state index < -0.39 is 17.5 Å². The zero-order valence-corrected chi connectivity index (χ0v) is 17.1. The van der Waals surface area contributed by atoms with E-state index in [0.29, 0.717) is 39.1 Å². The molecule has 2 N–H and O–H groups in total. The molecular formula is C21H34N2O4. The van der Waals surface area contributed by atoms with E-state index in [1.165, 1.54) is 0 Å². The van der Waals surface area contributed by atoms with Crippen LogP contribution in [0.1, 0.15) is 44.2 Å². The van der Waals surface area contributed by atoms with Gasteiger partial charge in [-0.3, -0.25) is 9.69 Å². The fourth-order valence-corrected chi connectivity index (χ4v) is 4.06. The number of carboxylic acids is 1. The second-order valence-electron chi connectivity index (χ2n) is 7.84. The smallest absolute Gasteiger partial charge is 0.313 e. The summed E-state index contributed by atoms with van der Waals surface area (Å²) in [5.74, 6) is 0.0106. The first-order valence-electron chi connectivity index (χ1n) is 9.85. The summed E-state index contributed by atoms with van der Waals surface area (Å²) < 4.78 is 5.74. The number of hydrogen-bond acceptors (Lipinski definition) is 5. The molecule has 1 aliphatic rings. The highest BCUT2D eigenvalue weighted by atomic mass is 16.5. The molecule has 152 valence electrons. The molecule has 0 saturated carbocycles. The topological polar surface area (TPSA) is 73.2 Å². The summed E-state index contributed by atoms with van der Waals surface area (Å²) in [5.41, 5.74) is 1.21. The number of ether oxygens (including phenoxy) is 1. The zero-order chi connectivity index (χ0) is 20.0. The highest BCUT2D eigenvalue weighted by Crippen LogP contribution is 2.36. The van der Waals surface area contributed by atoms with Gasteiger partial charge in [-0.2, -0.15) is 0 Å². The van der Waals surface area contributed by atoms with E-state index in [0.717, 1.165) is 29.8 Å². The third kappa shape index (κ3) is 5.21. The maximum absolute atomic E-state index is 12.0. The number of carboxylic acid groups (broad SMARTS) is 1. The lowest BCUT2D eigenvalue weighted by atomic mass is 9.74. The Balaban J connectivity index is 2.19. The van der Waals surface area contributed by atoms with Gasteiger partial charge in [-0.15, -0.1) is 0 Å². The minimum atomic E-state index is -1.06. The number of piperidine rings is 1. The molecule has 0 bridgehead atoms. The van der Waals surface area contributed by atoms with Crippen LogP contribution in [0.4, 0.5) is 0 Å². The minimum Gasteiger partial charge on any atom is -0.494 e. The predicted octanol–water partition coefficient (Wildman–Crippen LogP) is 2.58. The second-order valence-corrected chi connectivity index (χ2v) is 7.84. The predicted molar refractivity (Wildman–Crippen MR) is 106 cm³/mol. The molecule has 1 aliphatic heterocycles. The van der Waals surface area contributed by atoms with Gasteiger partial charge in [0.2, 0.25) is 0 Å². The molecule has 2 rings (SSSR count). The molecule has 1 saturated heterocycles. The number of nitrogens with zero attached hydrogens (tertiary/aromatic N) is 2. The number of benzene rings is 1. The van der Waals surface area contributed by atoms with Gasteiger partial charge in [-0.05, 0) is 51.6 Å². The summed E-state index contributed by atoms with van der Waals surface area (Å²) in [4.78, 5) is 16.2. The standard InChI is InChI=1S/C21H34N2O4/c1-5-10-21(20(25)26)15-23(11-9-19(21)24)13-16-7-8-18(27-6-2)17(12-16)14-22(3)4/h7-8,12,19,24H,5-6,9-11,13-15H2,1-4H3,(H,25,26)/t19-,21+/m0/s1. The van der Waals surface area contributed by atoms with Crippen molar-refractivity contribution in [3.05, 3.63) is 29.3 Å². The van der Waals surface area contributed by atoms with Crippen LogP contribution in [0.15, 0.2) is 18.2 Å². The van der Waals surface area contributed by atoms with Crippen molar-refractivity contribution in [2.45, 2.75) is 52.3 Å². The van der Waals surface area contributed by atoms with Gasteiger partial charge in [0.1, 0.15) is 11.2 Å². The summed E-state index contributed by atoms with van der Waals surface area (Å²) in [6, 6.07) is 6.21. The number of likely N-dealkylation sites (tertiary alicyclic amines) is 1. The average Bonchev–Trinajstić information content (AvgIpc) is 2.60. The van der Waals surface area contributed by atoms with Gasteiger partial charge < -0.3 is 19.8 Å². The lowest BCUT2D eigenvalue weighted by Gasteiger charge is -2.43. The van der Waals surface area contributed by atoms with Gasteiger partial charge in [0.25, 0.3) is 0 Å². The Morgan fingerprint density at radius 3 is 2.70 bits per heavy atom. The maximum atomic E-state index is 12.0. The van der Waals surface area contributed by atoms with Gasteiger partial charge in [-0.1, -0.05) is 19.4 Å². The molecule has 2 atom stereocenters. The molecule has 0 amide bonds. The van der Waals surface area contributed by atoms with E-state index in [-0.39, 0.29) is 0 Å². The Kier molecular flexibility index (Phi) is 7.65. The van der Waals surface area contributed by atoms with Gasteiger partial charge in [-0.25, -0.2) is 0 Å². The highest BCUT2D eigenvalue weighted by Gasteiger charge is 2.48. The van der Waals surface area contributed by atoms with E-state index in [4.69, 9.17) is 4.74 Å². The number of rotatable bonds is 9. The Bertz CT molecular complexity index is 635. The van der Waals surface area contributed by atoms with Crippen LogP contribution in [0.2, 0.25) is 0 Å². The van der Waals surface area contributed by atoms with Crippen LogP contribution in [0.25, 0.3) is 0 Å². The summed E-state index contributed by atoms with van der Waals surface area (Å²) >= 11 is 0. The van der Waals surface area contributed by atoms with Crippen molar-refractivity contribution in [1.29, 1.82) is 0 Å². The third-order valence-electron chi connectivity index (χ3n) is 5.30. The van der Waals surface area contributed by atoms with Crippen molar-refractivity contribution in [2.24, 2.45) is 5.41 Å². The lowest BCUT2D eigenvalue weighted by molar-refractivity contribution is -0.164. The van der Waals surface area contributed by atoms with Crippen LogP contribution in [0.3, 0.4) is 0 Å². The molecule has 1 aromatic rings. The largest absolute Gasteiger partial charge is 0.494 e. The number of hydrogen-bond donors (Lipinski definition) is 2. The van der Waals surface area contributed by atoms with Crippen LogP contribution < -0.4 is 4.74 Å². The van der Waals surface area contributed by atoms with Gasteiger partial charge >= 0.3 is 5.97 Å². The summed E-state index contributed by atoms with van der Waals surface area (Å²) in [6.45, 7) is 7.13. The molecule has 0 unspecified atom stereocenters. The van der Waals surface area contributed by atoms with E-state index in [2.05, 4.69) is 21.9 Å². The molecule has 1 heterocycles. The van der Waals surface area contributed by atoms with Gasteiger partial charge in [0.15, 0.2) is 0 Å². The SMILES string of the molecule is CCC[C@@]1(C(=O)O)CN(Cc2ccc(OCC)c(CN(C)C)c2)CC[C@@H]1O. The van der Waals surface area contributed by atoms with Gasteiger partial charge in [0, 0.05) is 31.7 Å². The van der Waals surface area contributed by atoms with E-state index in [1.54, 1.807) is 0 Å². The molecule has 0 radical (unpaired) electrons.